The van der Waals surface area contributed by atoms with Crippen molar-refractivity contribution in [2.75, 3.05) is 14.1 Å². The summed E-state index contributed by atoms with van der Waals surface area (Å²) in [5, 5.41) is 9.65. The third kappa shape index (κ3) is 0.894. The van der Waals surface area contributed by atoms with Gasteiger partial charge < -0.3 is 9.84 Å². The van der Waals surface area contributed by atoms with E-state index in [1.165, 1.54) is 11.5 Å². The lowest BCUT2D eigenvalue weighted by Crippen LogP contribution is -2.62. The van der Waals surface area contributed by atoms with Gasteiger partial charge in [0.2, 0.25) is 0 Å². The van der Waals surface area contributed by atoms with Gasteiger partial charge in [-0.3, -0.25) is 4.48 Å². The fourth-order valence-electron chi connectivity index (χ4n) is 3.41. The van der Waals surface area contributed by atoms with E-state index >= 15 is 0 Å². The molecular formula is C11H18NO2+. The third-order valence-corrected chi connectivity index (χ3v) is 4.17. The Morgan fingerprint density at radius 3 is 2.57 bits per heavy atom. The largest absolute Gasteiger partial charge is 0.477 e. The minimum atomic E-state index is -0.0884. The van der Waals surface area contributed by atoms with Crippen molar-refractivity contribution in [1.82, 2.24) is 0 Å². The highest BCUT2D eigenvalue weighted by molar-refractivity contribution is 5.26. The number of hydrogen-bond donors (Lipinski definition) is 1. The Bertz CT molecular complexity index is 321. The minimum absolute atomic E-state index is 0.0884. The topological polar surface area (TPSA) is 32.8 Å². The fraction of sp³-hybridized carbons (Fsp3) is 0.818. The lowest BCUT2D eigenvalue weighted by molar-refractivity contribution is -0.923. The van der Waals surface area contributed by atoms with E-state index in [0.717, 1.165) is 17.3 Å². The molecule has 3 heteroatoms. The standard InChI is InChI=1S/C11H18NO2/c1-6-11(14-6)10-8-4-7(13)5-9(8)12(10,2)3/h6-9,13H,4-5H2,1-3H3/q+1/b11-10-/t6-,7+,8?,9?/m0/s1. The zero-order chi connectivity index (χ0) is 10.1. The summed E-state index contributed by atoms with van der Waals surface area (Å²) in [4.78, 5) is 0. The molecule has 1 saturated carbocycles. The van der Waals surface area contributed by atoms with E-state index in [-0.39, 0.29) is 6.10 Å². The predicted octanol–water partition coefficient (Wildman–Crippen LogP) is 0.846. The van der Waals surface area contributed by atoms with E-state index in [2.05, 4.69) is 21.0 Å². The molecule has 3 fully saturated rings. The summed E-state index contributed by atoms with van der Waals surface area (Å²) in [6.07, 6.45) is 2.15. The third-order valence-electron chi connectivity index (χ3n) is 4.17. The Hall–Kier alpha value is -0.540. The van der Waals surface area contributed by atoms with Crippen LogP contribution in [0.1, 0.15) is 19.8 Å². The molecule has 14 heavy (non-hydrogen) atoms. The van der Waals surface area contributed by atoms with Crippen molar-refractivity contribution in [3.63, 3.8) is 0 Å². The van der Waals surface area contributed by atoms with E-state index in [1.54, 1.807) is 0 Å². The molecule has 2 unspecified atom stereocenters. The van der Waals surface area contributed by atoms with Crippen LogP contribution in [0.3, 0.4) is 0 Å². The van der Waals surface area contributed by atoms with Crippen molar-refractivity contribution >= 4 is 0 Å². The van der Waals surface area contributed by atoms with Gasteiger partial charge in [0.1, 0.15) is 6.04 Å². The molecule has 0 aromatic heterocycles. The summed E-state index contributed by atoms with van der Waals surface area (Å²) in [6.45, 7) is 2.10. The van der Waals surface area contributed by atoms with Crippen molar-refractivity contribution in [1.29, 1.82) is 0 Å². The summed E-state index contributed by atoms with van der Waals surface area (Å²) in [5.74, 6) is 1.80. The van der Waals surface area contributed by atoms with Gasteiger partial charge in [-0.25, -0.2) is 0 Å². The minimum Gasteiger partial charge on any atom is -0.477 e. The summed E-state index contributed by atoms with van der Waals surface area (Å²) in [7, 11) is 4.46. The van der Waals surface area contributed by atoms with Gasteiger partial charge in [0, 0.05) is 6.42 Å². The van der Waals surface area contributed by atoms with Crippen molar-refractivity contribution in [2.24, 2.45) is 5.92 Å². The molecule has 2 heterocycles. The SMILES string of the molecule is C[C@@H]1O/C1=C1/C2C[C@@H](O)CC2[N+]1(C)C. The molecule has 0 aromatic carbocycles. The number of ether oxygens (including phenoxy) is 1. The maximum Gasteiger partial charge on any atom is 0.194 e. The summed E-state index contributed by atoms with van der Waals surface area (Å²) < 4.78 is 6.43. The molecule has 0 bridgehead atoms. The Labute approximate surface area is 84.6 Å². The monoisotopic (exact) mass is 196 g/mol. The number of epoxide rings is 1. The number of aliphatic hydroxyl groups is 1. The summed E-state index contributed by atoms with van der Waals surface area (Å²) in [5.41, 5.74) is 1.44. The van der Waals surface area contributed by atoms with Gasteiger partial charge in [-0.05, 0) is 13.3 Å². The van der Waals surface area contributed by atoms with Crippen LogP contribution in [-0.4, -0.2) is 41.9 Å². The van der Waals surface area contributed by atoms with Gasteiger partial charge in [0.15, 0.2) is 17.6 Å². The van der Waals surface area contributed by atoms with E-state index in [1.807, 2.05) is 0 Å². The van der Waals surface area contributed by atoms with E-state index in [0.29, 0.717) is 18.1 Å². The summed E-state index contributed by atoms with van der Waals surface area (Å²) in [6, 6.07) is 0.629. The average molecular weight is 196 g/mol. The molecule has 0 spiro atoms. The quantitative estimate of drug-likeness (QED) is 0.460. The first-order valence-corrected chi connectivity index (χ1v) is 5.45. The second-order valence-corrected chi connectivity index (χ2v) is 5.35. The maximum atomic E-state index is 9.65. The molecule has 78 valence electrons. The van der Waals surface area contributed by atoms with Crippen LogP contribution in [-0.2, 0) is 4.74 Å². The van der Waals surface area contributed by atoms with Crippen LogP contribution < -0.4 is 0 Å². The molecule has 2 saturated heterocycles. The van der Waals surface area contributed by atoms with Crippen molar-refractivity contribution in [3.8, 4) is 0 Å². The van der Waals surface area contributed by atoms with Gasteiger partial charge in [0.25, 0.3) is 0 Å². The molecule has 0 amide bonds. The number of fused-ring (bicyclic) bond motifs is 1. The molecule has 0 aromatic rings. The second kappa shape index (κ2) is 2.34. The number of likely N-dealkylation sites (tertiary alicyclic amines) is 1. The molecule has 4 atom stereocenters. The number of aliphatic hydroxyl groups excluding tert-OH is 1. The van der Waals surface area contributed by atoms with E-state index in [4.69, 9.17) is 4.74 Å². The predicted molar refractivity (Wildman–Crippen MR) is 52.2 cm³/mol. The van der Waals surface area contributed by atoms with Crippen LogP contribution in [0.5, 0.6) is 0 Å². The molecule has 1 aliphatic carbocycles. The smallest absolute Gasteiger partial charge is 0.194 e. The molecule has 0 radical (unpaired) electrons. The fourth-order valence-corrected chi connectivity index (χ4v) is 3.41. The molecule has 1 N–H and O–H groups in total. The highest BCUT2D eigenvalue weighted by atomic mass is 16.6. The van der Waals surface area contributed by atoms with Crippen LogP contribution in [0, 0.1) is 5.92 Å². The van der Waals surface area contributed by atoms with Crippen LogP contribution in [0.15, 0.2) is 11.5 Å². The van der Waals surface area contributed by atoms with Gasteiger partial charge in [-0.15, -0.1) is 0 Å². The van der Waals surface area contributed by atoms with Crippen molar-refractivity contribution in [2.45, 2.75) is 38.0 Å². The van der Waals surface area contributed by atoms with Gasteiger partial charge in [0.05, 0.1) is 26.1 Å². The normalized spacial score (nSPS) is 53.4. The van der Waals surface area contributed by atoms with Crippen molar-refractivity contribution in [3.05, 3.63) is 11.5 Å². The van der Waals surface area contributed by atoms with Gasteiger partial charge in [-0.2, -0.15) is 0 Å². The zero-order valence-corrected chi connectivity index (χ0v) is 9.03. The highest BCUT2D eigenvalue weighted by Gasteiger charge is 2.63. The number of nitrogens with zero attached hydrogens (tertiary/aromatic N) is 1. The highest BCUT2D eigenvalue weighted by Crippen LogP contribution is 2.54. The molecular weight excluding hydrogens is 178 g/mol. The van der Waals surface area contributed by atoms with Crippen LogP contribution >= 0.6 is 0 Å². The molecule has 3 rings (SSSR count). The molecule has 3 aliphatic rings. The first kappa shape index (κ1) is 8.74. The lowest BCUT2D eigenvalue weighted by atomic mass is 9.84. The Morgan fingerprint density at radius 2 is 2.00 bits per heavy atom. The molecule has 2 aliphatic heterocycles. The first-order valence-electron chi connectivity index (χ1n) is 5.45. The van der Waals surface area contributed by atoms with Gasteiger partial charge in [-0.1, -0.05) is 0 Å². The first-order chi connectivity index (χ1) is 6.51. The Kier molecular flexibility index (Phi) is 1.46. The molecule has 3 nitrogen and oxygen atoms in total. The van der Waals surface area contributed by atoms with E-state index < -0.39 is 0 Å². The van der Waals surface area contributed by atoms with Crippen LogP contribution in [0.25, 0.3) is 0 Å². The summed E-state index contributed by atoms with van der Waals surface area (Å²) >= 11 is 0. The van der Waals surface area contributed by atoms with E-state index in [9.17, 15) is 5.11 Å². The van der Waals surface area contributed by atoms with Crippen LogP contribution in [0.4, 0.5) is 0 Å². The van der Waals surface area contributed by atoms with Gasteiger partial charge >= 0.3 is 0 Å². The Morgan fingerprint density at radius 1 is 1.36 bits per heavy atom. The zero-order valence-electron chi connectivity index (χ0n) is 9.03. The number of hydrogen-bond acceptors (Lipinski definition) is 2. The number of quaternary nitrogens is 1. The number of rotatable bonds is 0. The Balaban J connectivity index is 1.94. The lowest BCUT2D eigenvalue weighted by Gasteiger charge is -2.50. The van der Waals surface area contributed by atoms with Crippen molar-refractivity contribution < 1.29 is 14.3 Å². The van der Waals surface area contributed by atoms with Crippen LogP contribution in [0.2, 0.25) is 0 Å². The second-order valence-electron chi connectivity index (χ2n) is 5.35. The maximum absolute atomic E-state index is 9.65. The average Bonchev–Trinajstić information content (AvgIpc) is 2.63.